The van der Waals surface area contributed by atoms with Gasteiger partial charge in [0.2, 0.25) is 0 Å². The summed E-state index contributed by atoms with van der Waals surface area (Å²) >= 11 is 0. The van der Waals surface area contributed by atoms with E-state index < -0.39 is 18.0 Å². The van der Waals surface area contributed by atoms with Crippen LogP contribution in [-0.4, -0.2) is 98.3 Å². The first kappa shape index (κ1) is 22.5. The molecule has 0 unspecified atom stereocenters. The number of amides is 1. The number of carboxylic acid groups (broad SMARTS) is 2. The Hall–Kier alpha value is -3.27. The molecule has 5 rings (SSSR count). The number of piperazine rings is 1. The van der Waals surface area contributed by atoms with Crippen molar-refractivity contribution in [3.8, 4) is 0 Å². The summed E-state index contributed by atoms with van der Waals surface area (Å²) in [5.74, 6) is -2.23. The van der Waals surface area contributed by atoms with Crippen LogP contribution in [0.3, 0.4) is 0 Å². The third kappa shape index (κ3) is 4.06. The number of β-amino-alcohol motifs (C(OH)–C–C–N with tert-alkyl or cyclic N) is 1. The molecule has 1 spiro atoms. The number of fused-ring (bicyclic) bond motifs is 2. The van der Waals surface area contributed by atoms with Crippen LogP contribution in [0.15, 0.2) is 48.5 Å². The molecule has 9 nitrogen and oxygen atoms in total. The molecule has 0 bridgehead atoms. The molecule has 2 atom stereocenters. The number of carbonyl (C=O) groups is 3. The van der Waals surface area contributed by atoms with Crippen molar-refractivity contribution in [1.82, 2.24) is 14.7 Å². The first-order valence-corrected chi connectivity index (χ1v) is 11.4. The Morgan fingerprint density at radius 3 is 2.24 bits per heavy atom. The molecule has 9 heteroatoms. The van der Waals surface area contributed by atoms with E-state index in [1.54, 1.807) is 35.2 Å². The molecule has 3 fully saturated rings. The summed E-state index contributed by atoms with van der Waals surface area (Å²) in [7, 11) is 0. The lowest BCUT2D eigenvalue weighted by Gasteiger charge is -2.61. The fourth-order valence-electron chi connectivity index (χ4n) is 5.77. The van der Waals surface area contributed by atoms with E-state index >= 15 is 0 Å². The zero-order valence-electron chi connectivity index (χ0n) is 18.6. The Morgan fingerprint density at radius 2 is 1.53 bits per heavy atom. The second-order valence-electron chi connectivity index (χ2n) is 9.64. The molecule has 0 saturated carbocycles. The van der Waals surface area contributed by atoms with Gasteiger partial charge in [0.1, 0.15) is 0 Å². The van der Waals surface area contributed by atoms with Gasteiger partial charge in [-0.3, -0.25) is 14.6 Å². The minimum atomic E-state index is -1.07. The number of hydrogen-bond acceptors (Lipinski definition) is 6. The summed E-state index contributed by atoms with van der Waals surface area (Å²) < 4.78 is 0. The number of rotatable bonds is 5. The number of likely N-dealkylation sites (tertiary alicyclic amines) is 1. The van der Waals surface area contributed by atoms with Gasteiger partial charge in [0.25, 0.3) is 5.91 Å². The first-order valence-electron chi connectivity index (χ1n) is 11.4. The molecule has 3 aliphatic heterocycles. The van der Waals surface area contributed by atoms with Crippen molar-refractivity contribution in [2.24, 2.45) is 0 Å². The number of aliphatic hydroxyl groups is 1. The van der Waals surface area contributed by atoms with E-state index in [0.717, 1.165) is 5.56 Å². The maximum absolute atomic E-state index is 13.3. The first-order chi connectivity index (χ1) is 16.2. The zero-order valence-corrected chi connectivity index (χ0v) is 18.6. The fraction of sp³-hybridized carbons (Fsp3) is 0.400. The predicted octanol–water partition coefficient (Wildman–Crippen LogP) is 1.23. The van der Waals surface area contributed by atoms with Gasteiger partial charge in [-0.1, -0.05) is 18.2 Å². The topological polar surface area (TPSA) is 122 Å². The van der Waals surface area contributed by atoms with Gasteiger partial charge in [-0.15, -0.1) is 0 Å². The van der Waals surface area contributed by atoms with Crippen molar-refractivity contribution in [1.29, 1.82) is 0 Å². The van der Waals surface area contributed by atoms with Gasteiger partial charge in [-0.25, -0.2) is 9.59 Å². The maximum atomic E-state index is 13.3. The van der Waals surface area contributed by atoms with Crippen LogP contribution in [0.1, 0.15) is 43.1 Å². The SMILES string of the molecule is O=C(O)c1cccc(CN2CC3(C2)CN(C(=O)c2cccc(C(=O)O)c2)C[C@@H]2C[C@@H](O)CN23)c1. The van der Waals surface area contributed by atoms with Gasteiger partial charge in [-0.05, 0) is 42.3 Å². The minimum Gasteiger partial charge on any atom is -0.478 e. The summed E-state index contributed by atoms with van der Waals surface area (Å²) in [5, 5.41) is 28.9. The molecule has 3 aliphatic rings. The zero-order chi connectivity index (χ0) is 24.0. The van der Waals surface area contributed by atoms with Crippen molar-refractivity contribution in [3.05, 3.63) is 70.8 Å². The Bertz CT molecular complexity index is 1140. The summed E-state index contributed by atoms with van der Waals surface area (Å²) in [6.07, 6.45) is 0.162. The van der Waals surface area contributed by atoms with Crippen LogP contribution in [0.25, 0.3) is 0 Å². The number of aromatic carboxylic acids is 2. The average Bonchev–Trinajstić information content (AvgIpc) is 3.18. The molecular weight excluding hydrogens is 438 g/mol. The summed E-state index contributed by atoms with van der Waals surface area (Å²) in [5.41, 5.74) is 1.32. The van der Waals surface area contributed by atoms with E-state index in [0.29, 0.717) is 51.3 Å². The Labute approximate surface area is 196 Å². The molecular formula is C25H27N3O6. The summed E-state index contributed by atoms with van der Waals surface area (Å²) in [6, 6.07) is 13.1. The van der Waals surface area contributed by atoms with E-state index in [-0.39, 0.29) is 28.6 Å². The Morgan fingerprint density at radius 1 is 0.882 bits per heavy atom. The number of carboxylic acids is 2. The second-order valence-corrected chi connectivity index (χ2v) is 9.64. The van der Waals surface area contributed by atoms with Crippen molar-refractivity contribution in [2.45, 2.75) is 30.7 Å². The molecule has 3 N–H and O–H groups in total. The number of aliphatic hydroxyl groups excluding tert-OH is 1. The van der Waals surface area contributed by atoms with Gasteiger partial charge in [0, 0.05) is 50.9 Å². The molecule has 0 aliphatic carbocycles. The van der Waals surface area contributed by atoms with Crippen molar-refractivity contribution in [2.75, 3.05) is 32.7 Å². The second kappa shape index (κ2) is 8.50. The Balaban J connectivity index is 1.33. The highest BCUT2D eigenvalue weighted by Crippen LogP contribution is 2.39. The number of nitrogens with zero attached hydrogens (tertiary/aromatic N) is 3. The van der Waals surface area contributed by atoms with E-state index in [2.05, 4.69) is 9.80 Å². The van der Waals surface area contributed by atoms with Crippen molar-refractivity contribution in [3.63, 3.8) is 0 Å². The summed E-state index contributed by atoms with van der Waals surface area (Å²) in [4.78, 5) is 42.3. The lowest BCUT2D eigenvalue weighted by molar-refractivity contribution is -0.108. The molecule has 1 amide bonds. The van der Waals surface area contributed by atoms with E-state index in [4.69, 9.17) is 0 Å². The molecule has 3 saturated heterocycles. The van der Waals surface area contributed by atoms with Gasteiger partial charge >= 0.3 is 11.9 Å². The molecule has 34 heavy (non-hydrogen) atoms. The molecule has 2 aromatic rings. The number of benzene rings is 2. The van der Waals surface area contributed by atoms with Gasteiger partial charge in [0.15, 0.2) is 0 Å². The highest BCUT2D eigenvalue weighted by atomic mass is 16.4. The lowest BCUT2D eigenvalue weighted by atomic mass is 9.83. The quantitative estimate of drug-likeness (QED) is 0.603. The summed E-state index contributed by atoms with van der Waals surface area (Å²) in [6.45, 7) is 3.58. The van der Waals surface area contributed by atoms with Gasteiger partial charge in [0.05, 0.1) is 22.8 Å². The number of carbonyl (C=O) groups excluding carboxylic acids is 1. The highest BCUT2D eigenvalue weighted by Gasteiger charge is 2.56. The minimum absolute atomic E-state index is 0.0489. The van der Waals surface area contributed by atoms with Gasteiger partial charge < -0.3 is 20.2 Å². The van der Waals surface area contributed by atoms with Crippen molar-refractivity contribution < 1.29 is 29.7 Å². The standard InChI is InChI=1S/C25H27N3O6/c29-21-9-20-11-27(22(30)17-4-2-6-19(8-17)24(33)34)15-25(28(20)12-21)13-26(14-25)10-16-3-1-5-18(7-16)23(31)32/h1-8,20-21,29H,9-15H2,(H,31,32)(H,33,34)/t20-,21+/m0/s1. The van der Waals surface area contributed by atoms with Crippen LogP contribution in [0.5, 0.6) is 0 Å². The number of hydrogen-bond donors (Lipinski definition) is 3. The van der Waals surface area contributed by atoms with Crippen LogP contribution in [0.2, 0.25) is 0 Å². The predicted molar refractivity (Wildman–Crippen MR) is 122 cm³/mol. The molecule has 3 heterocycles. The fourth-order valence-corrected chi connectivity index (χ4v) is 5.77. The van der Waals surface area contributed by atoms with Crippen LogP contribution < -0.4 is 0 Å². The largest absolute Gasteiger partial charge is 0.478 e. The molecule has 0 radical (unpaired) electrons. The smallest absolute Gasteiger partial charge is 0.335 e. The maximum Gasteiger partial charge on any atom is 0.335 e. The highest BCUT2D eigenvalue weighted by molar-refractivity contribution is 5.97. The van der Waals surface area contributed by atoms with Gasteiger partial charge in [-0.2, -0.15) is 0 Å². The van der Waals surface area contributed by atoms with Crippen LogP contribution in [0.4, 0.5) is 0 Å². The third-order valence-electron chi connectivity index (χ3n) is 7.18. The third-order valence-corrected chi connectivity index (χ3v) is 7.18. The van der Waals surface area contributed by atoms with E-state index in [1.165, 1.54) is 12.1 Å². The van der Waals surface area contributed by atoms with E-state index in [9.17, 15) is 29.7 Å². The monoisotopic (exact) mass is 465 g/mol. The normalized spacial score (nSPS) is 24.0. The average molecular weight is 466 g/mol. The van der Waals surface area contributed by atoms with Crippen LogP contribution in [0, 0.1) is 0 Å². The molecule has 0 aromatic heterocycles. The lowest BCUT2D eigenvalue weighted by Crippen LogP contribution is -2.78. The van der Waals surface area contributed by atoms with Crippen LogP contribution >= 0.6 is 0 Å². The van der Waals surface area contributed by atoms with E-state index in [1.807, 2.05) is 6.07 Å². The Kier molecular flexibility index (Phi) is 5.63. The molecule has 178 valence electrons. The van der Waals surface area contributed by atoms with Crippen molar-refractivity contribution >= 4 is 17.8 Å². The molecule has 2 aromatic carbocycles. The van der Waals surface area contributed by atoms with Crippen LogP contribution in [-0.2, 0) is 6.54 Å².